The maximum atomic E-state index is 12.1. The van der Waals surface area contributed by atoms with Crippen molar-refractivity contribution in [3.8, 4) is 11.1 Å². The number of halogens is 2. The van der Waals surface area contributed by atoms with E-state index in [0.717, 1.165) is 39.5 Å². The molecule has 1 heterocycles. The average molecular weight is 423 g/mol. The van der Waals surface area contributed by atoms with E-state index in [9.17, 15) is 4.79 Å². The van der Waals surface area contributed by atoms with Gasteiger partial charge in [0.25, 0.3) is 0 Å². The molecule has 3 aromatic carbocycles. The third-order valence-corrected chi connectivity index (χ3v) is 6.70. The normalized spacial score (nSPS) is 14.4. The molecule has 1 saturated carbocycles. The fourth-order valence-electron chi connectivity index (χ4n) is 4.41. The van der Waals surface area contributed by atoms with Gasteiger partial charge in [0, 0.05) is 49.5 Å². The van der Waals surface area contributed by atoms with Crippen molar-refractivity contribution in [2.24, 2.45) is 11.7 Å². The number of benzene rings is 3. The summed E-state index contributed by atoms with van der Waals surface area (Å²) in [6, 6.07) is 17.5. The minimum atomic E-state index is -0.406. The number of amides is 1. The van der Waals surface area contributed by atoms with Gasteiger partial charge >= 0.3 is 0 Å². The number of primary amides is 1. The van der Waals surface area contributed by atoms with Gasteiger partial charge in [-0.05, 0) is 54.7 Å². The number of fused-ring (bicyclic) bond motifs is 3. The second kappa shape index (κ2) is 7.08. The maximum absolute atomic E-state index is 12.1. The molecule has 1 aliphatic rings. The summed E-state index contributed by atoms with van der Waals surface area (Å²) in [4.78, 5) is 12.1. The fourth-order valence-corrected chi connectivity index (χ4v) is 5.02. The summed E-state index contributed by atoms with van der Waals surface area (Å²) in [5, 5.41) is 3.19. The maximum Gasteiger partial charge on any atom is 0.249 e. The number of nitrogens with zero attached hydrogens (tertiary/aromatic N) is 1. The Hall–Kier alpha value is -2.49. The van der Waals surface area contributed by atoms with Crippen LogP contribution in [0.2, 0.25) is 10.0 Å². The smallest absolute Gasteiger partial charge is 0.249 e. The largest absolute Gasteiger partial charge is 0.366 e. The molecule has 0 saturated heterocycles. The molecule has 1 fully saturated rings. The molecule has 2 N–H and O–H groups in total. The predicted octanol–water partition coefficient (Wildman–Crippen LogP) is 6.67. The summed E-state index contributed by atoms with van der Waals surface area (Å²) >= 11 is 12.9. The number of rotatable bonds is 4. The topological polar surface area (TPSA) is 48.0 Å². The zero-order valence-corrected chi connectivity index (χ0v) is 17.3. The quantitative estimate of drug-likeness (QED) is 0.392. The summed E-state index contributed by atoms with van der Waals surface area (Å²) in [6.45, 7) is 0.932. The average Bonchev–Trinajstić information content (AvgIpc) is 2.97. The molecule has 3 nitrogen and oxygen atoms in total. The Balaban J connectivity index is 1.82. The zero-order chi connectivity index (χ0) is 20.1. The lowest BCUT2D eigenvalue weighted by Crippen LogP contribution is -2.18. The van der Waals surface area contributed by atoms with Crippen molar-refractivity contribution >= 4 is 50.9 Å². The zero-order valence-electron chi connectivity index (χ0n) is 15.8. The van der Waals surface area contributed by atoms with E-state index in [1.165, 1.54) is 19.3 Å². The highest BCUT2D eigenvalue weighted by Crippen LogP contribution is 2.40. The van der Waals surface area contributed by atoms with Gasteiger partial charge < -0.3 is 10.3 Å². The lowest BCUT2D eigenvalue weighted by atomic mass is 9.85. The molecule has 0 bridgehead atoms. The van der Waals surface area contributed by atoms with E-state index >= 15 is 0 Å². The van der Waals surface area contributed by atoms with Crippen LogP contribution in [0, 0.1) is 5.92 Å². The van der Waals surface area contributed by atoms with Crippen LogP contribution in [-0.4, -0.2) is 10.5 Å². The summed E-state index contributed by atoms with van der Waals surface area (Å²) in [6.07, 6.45) is 3.77. The third-order valence-electron chi connectivity index (χ3n) is 6.07. The monoisotopic (exact) mass is 422 g/mol. The number of nitrogens with two attached hydrogens (primary N) is 1. The molecule has 1 aromatic heterocycles. The minimum Gasteiger partial charge on any atom is -0.366 e. The van der Waals surface area contributed by atoms with Crippen LogP contribution in [0.25, 0.3) is 32.9 Å². The van der Waals surface area contributed by atoms with Crippen molar-refractivity contribution in [1.82, 2.24) is 4.57 Å². The van der Waals surface area contributed by atoms with Crippen LogP contribution in [0.5, 0.6) is 0 Å². The molecule has 1 amide bonds. The molecule has 0 atom stereocenters. The number of carbonyl (C=O) groups is 1. The third kappa shape index (κ3) is 3.00. The van der Waals surface area contributed by atoms with Crippen LogP contribution < -0.4 is 5.73 Å². The first-order chi connectivity index (χ1) is 14.0. The van der Waals surface area contributed by atoms with Gasteiger partial charge in [-0.3, -0.25) is 4.79 Å². The van der Waals surface area contributed by atoms with Crippen molar-refractivity contribution in [3.63, 3.8) is 0 Å². The number of hydrogen-bond donors (Lipinski definition) is 1. The second-order valence-corrected chi connectivity index (χ2v) is 8.61. The highest BCUT2D eigenvalue weighted by Gasteiger charge is 2.23. The SMILES string of the molecule is NC(=O)c1cccc2c1c1ccc(-c3c(Cl)cccc3Cl)cc1n2CC1CCC1. The molecule has 0 unspecified atom stereocenters. The molecule has 1 aliphatic carbocycles. The van der Waals surface area contributed by atoms with Crippen LogP contribution in [0.15, 0.2) is 54.6 Å². The molecule has 0 radical (unpaired) electrons. The van der Waals surface area contributed by atoms with Gasteiger partial charge in [0.15, 0.2) is 0 Å². The number of aromatic nitrogens is 1. The molecule has 5 rings (SSSR count). The van der Waals surface area contributed by atoms with Gasteiger partial charge in [-0.15, -0.1) is 0 Å². The Bertz CT molecular complexity index is 1250. The van der Waals surface area contributed by atoms with Crippen LogP contribution in [0.1, 0.15) is 29.6 Å². The Kier molecular flexibility index (Phi) is 4.53. The molecular weight excluding hydrogens is 403 g/mol. The lowest BCUT2D eigenvalue weighted by Gasteiger charge is -2.26. The van der Waals surface area contributed by atoms with Crippen molar-refractivity contribution in [1.29, 1.82) is 0 Å². The van der Waals surface area contributed by atoms with Crippen molar-refractivity contribution in [3.05, 3.63) is 70.2 Å². The summed E-state index contributed by atoms with van der Waals surface area (Å²) in [5.41, 5.74) is 10.2. The molecule has 0 spiro atoms. The van der Waals surface area contributed by atoms with E-state index < -0.39 is 5.91 Å². The first-order valence-electron chi connectivity index (χ1n) is 9.84. The van der Waals surface area contributed by atoms with Crippen molar-refractivity contribution in [2.75, 3.05) is 0 Å². The van der Waals surface area contributed by atoms with Crippen LogP contribution in [0.4, 0.5) is 0 Å². The lowest BCUT2D eigenvalue weighted by molar-refractivity contribution is 0.100. The Morgan fingerprint density at radius 3 is 2.38 bits per heavy atom. The highest BCUT2D eigenvalue weighted by atomic mass is 35.5. The predicted molar refractivity (Wildman–Crippen MR) is 121 cm³/mol. The van der Waals surface area contributed by atoms with Gasteiger partial charge in [-0.1, -0.05) is 53.9 Å². The van der Waals surface area contributed by atoms with E-state index in [-0.39, 0.29) is 0 Å². The Labute approximate surface area is 179 Å². The van der Waals surface area contributed by atoms with Gasteiger partial charge in [0.05, 0.1) is 0 Å². The molecule has 5 heteroatoms. The van der Waals surface area contributed by atoms with Gasteiger partial charge in [-0.25, -0.2) is 0 Å². The first kappa shape index (κ1) is 18.5. The molecule has 29 heavy (non-hydrogen) atoms. The molecular formula is C24H20Cl2N2O. The minimum absolute atomic E-state index is 0.406. The van der Waals surface area contributed by atoms with Gasteiger partial charge in [0.2, 0.25) is 5.91 Å². The van der Waals surface area contributed by atoms with E-state index in [2.05, 4.69) is 22.8 Å². The van der Waals surface area contributed by atoms with E-state index in [4.69, 9.17) is 28.9 Å². The number of carbonyl (C=O) groups excluding carboxylic acids is 1. The summed E-state index contributed by atoms with van der Waals surface area (Å²) in [7, 11) is 0. The molecule has 0 aliphatic heterocycles. The van der Waals surface area contributed by atoms with Crippen LogP contribution in [0.3, 0.4) is 0 Å². The molecule has 4 aromatic rings. The van der Waals surface area contributed by atoms with Crippen molar-refractivity contribution < 1.29 is 4.79 Å². The summed E-state index contributed by atoms with van der Waals surface area (Å²) < 4.78 is 2.33. The Morgan fingerprint density at radius 1 is 1.00 bits per heavy atom. The molecule has 146 valence electrons. The highest BCUT2D eigenvalue weighted by molar-refractivity contribution is 6.39. The van der Waals surface area contributed by atoms with Crippen LogP contribution >= 0.6 is 23.2 Å². The Morgan fingerprint density at radius 2 is 1.72 bits per heavy atom. The van der Waals surface area contributed by atoms with E-state index in [1.807, 2.05) is 30.3 Å². The van der Waals surface area contributed by atoms with Gasteiger partial charge in [0.1, 0.15) is 0 Å². The summed E-state index contributed by atoms with van der Waals surface area (Å²) in [5.74, 6) is 0.259. The van der Waals surface area contributed by atoms with Crippen LogP contribution in [-0.2, 0) is 6.54 Å². The van der Waals surface area contributed by atoms with E-state index in [0.29, 0.717) is 21.5 Å². The number of hydrogen-bond acceptors (Lipinski definition) is 1. The first-order valence-corrected chi connectivity index (χ1v) is 10.6. The van der Waals surface area contributed by atoms with Gasteiger partial charge in [-0.2, -0.15) is 0 Å². The van der Waals surface area contributed by atoms with Crippen molar-refractivity contribution in [2.45, 2.75) is 25.8 Å². The second-order valence-electron chi connectivity index (χ2n) is 7.80. The standard InChI is InChI=1S/C24H20Cl2N2O/c25-18-7-3-8-19(26)22(18)15-10-11-16-21(12-15)28(13-14-4-1-5-14)20-9-2-6-17(23(16)20)24(27)29/h2-3,6-12,14H,1,4-5,13H2,(H2,27,29). The van der Waals surface area contributed by atoms with E-state index in [1.54, 1.807) is 6.07 Å². The fraction of sp³-hybridized carbons (Fsp3) is 0.208.